The van der Waals surface area contributed by atoms with Crippen molar-refractivity contribution in [3.63, 3.8) is 0 Å². The number of aliphatic hydroxyl groups excluding tert-OH is 1. The first kappa shape index (κ1) is 11.9. The average Bonchev–Trinajstić information content (AvgIpc) is 2.68. The maximum atomic E-state index is 11.2. The summed E-state index contributed by atoms with van der Waals surface area (Å²) in [4.78, 5) is 11.2. The molecule has 0 bridgehead atoms. The highest BCUT2D eigenvalue weighted by Gasteiger charge is 2.26. The van der Waals surface area contributed by atoms with Crippen LogP contribution in [0.5, 0.6) is 0 Å². The van der Waals surface area contributed by atoms with Crippen molar-refractivity contribution >= 4 is 11.6 Å². The molecular weight excluding hydrogens is 218 g/mol. The molecule has 1 aliphatic rings. The first-order chi connectivity index (χ1) is 8.11. The molecule has 1 aliphatic heterocycles. The summed E-state index contributed by atoms with van der Waals surface area (Å²) in [6.07, 6.45) is -0.123. The van der Waals surface area contributed by atoms with Gasteiger partial charge in [0.15, 0.2) is 0 Å². The SMILES string of the molecule is CC1CC(=O)NN1c1ccc(C(O)CN)cc1. The molecule has 1 aromatic rings. The van der Waals surface area contributed by atoms with Crippen molar-refractivity contribution in [3.05, 3.63) is 29.8 Å². The van der Waals surface area contributed by atoms with Crippen molar-refractivity contribution in [2.75, 3.05) is 11.6 Å². The lowest BCUT2D eigenvalue weighted by Gasteiger charge is -2.23. The van der Waals surface area contributed by atoms with Gasteiger partial charge < -0.3 is 10.8 Å². The molecule has 2 atom stereocenters. The average molecular weight is 235 g/mol. The van der Waals surface area contributed by atoms with Crippen LogP contribution in [0.2, 0.25) is 0 Å². The Kier molecular flexibility index (Phi) is 3.31. The van der Waals surface area contributed by atoms with E-state index in [0.717, 1.165) is 11.3 Å². The van der Waals surface area contributed by atoms with Crippen LogP contribution >= 0.6 is 0 Å². The van der Waals surface area contributed by atoms with Gasteiger partial charge in [0.25, 0.3) is 0 Å². The lowest BCUT2D eigenvalue weighted by molar-refractivity contribution is -0.119. The standard InChI is InChI=1S/C12H17N3O2/c1-8-6-12(17)14-15(8)10-4-2-9(3-5-10)11(16)7-13/h2-5,8,11,16H,6-7,13H2,1H3,(H,14,17). The topological polar surface area (TPSA) is 78.6 Å². The molecule has 1 saturated heterocycles. The van der Waals surface area contributed by atoms with E-state index in [2.05, 4.69) is 5.43 Å². The van der Waals surface area contributed by atoms with Gasteiger partial charge in [-0.1, -0.05) is 12.1 Å². The quantitative estimate of drug-likeness (QED) is 0.704. The van der Waals surface area contributed by atoms with Crippen molar-refractivity contribution in [1.82, 2.24) is 5.43 Å². The molecule has 2 rings (SSSR count). The largest absolute Gasteiger partial charge is 0.387 e. The van der Waals surface area contributed by atoms with Crippen LogP contribution < -0.4 is 16.2 Å². The zero-order chi connectivity index (χ0) is 12.4. The summed E-state index contributed by atoms with van der Waals surface area (Å²) in [6.45, 7) is 2.19. The highest BCUT2D eigenvalue weighted by atomic mass is 16.3. The van der Waals surface area contributed by atoms with Crippen molar-refractivity contribution in [2.24, 2.45) is 5.73 Å². The molecule has 92 valence electrons. The molecule has 0 spiro atoms. The molecule has 1 amide bonds. The van der Waals surface area contributed by atoms with Crippen molar-refractivity contribution in [3.8, 4) is 0 Å². The Morgan fingerprint density at radius 2 is 2.18 bits per heavy atom. The lowest BCUT2D eigenvalue weighted by atomic mass is 10.1. The minimum Gasteiger partial charge on any atom is -0.387 e. The maximum absolute atomic E-state index is 11.2. The molecule has 1 heterocycles. The molecule has 4 N–H and O–H groups in total. The Morgan fingerprint density at radius 3 is 2.65 bits per heavy atom. The fourth-order valence-corrected chi connectivity index (χ4v) is 1.96. The Labute approximate surface area is 100 Å². The summed E-state index contributed by atoms with van der Waals surface area (Å²) in [5.41, 5.74) is 9.88. The number of carbonyl (C=O) groups excluding carboxylic acids is 1. The summed E-state index contributed by atoms with van der Waals surface area (Å²) in [5, 5.41) is 11.4. The summed E-state index contributed by atoms with van der Waals surface area (Å²) >= 11 is 0. The predicted molar refractivity (Wildman–Crippen MR) is 65.2 cm³/mol. The summed E-state index contributed by atoms with van der Waals surface area (Å²) < 4.78 is 0. The second kappa shape index (κ2) is 4.73. The number of benzene rings is 1. The minimum atomic E-state index is -0.630. The number of nitrogens with one attached hydrogen (secondary N) is 1. The molecule has 5 nitrogen and oxygen atoms in total. The van der Waals surface area contributed by atoms with Gasteiger partial charge in [0.05, 0.1) is 24.3 Å². The molecule has 17 heavy (non-hydrogen) atoms. The minimum absolute atomic E-state index is 0.0311. The second-order valence-corrected chi connectivity index (χ2v) is 4.30. The van der Waals surface area contributed by atoms with Crippen LogP contribution in [0.15, 0.2) is 24.3 Å². The molecule has 1 fully saturated rings. The zero-order valence-corrected chi connectivity index (χ0v) is 9.76. The lowest BCUT2D eigenvalue weighted by Crippen LogP contribution is -2.37. The third kappa shape index (κ3) is 2.40. The zero-order valence-electron chi connectivity index (χ0n) is 9.76. The Balaban J connectivity index is 2.15. The van der Waals surface area contributed by atoms with Crippen LogP contribution in [0.4, 0.5) is 5.69 Å². The van der Waals surface area contributed by atoms with E-state index in [1.807, 2.05) is 36.2 Å². The van der Waals surface area contributed by atoms with Gasteiger partial charge in [-0.25, -0.2) is 0 Å². The number of carbonyl (C=O) groups is 1. The fourth-order valence-electron chi connectivity index (χ4n) is 1.96. The van der Waals surface area contributed by atoms with Crippen molar-refractivity contribution < 1.29 is 9.90 Å². The van der Waals surface area contributed by atoms with Gasteiger partial charge >= 0.3 is 0 Å². The van der Waals surface area contributed by atoms with Crippen LogP contribution in [0.3, 0.4) is 0 Å². The van der Waals surface area contributed by atoms with Gasteiger partial charge in [0, 0.05) is 6.54 Å². The molecule has 1 aromatic carbocycles. The fraction of sp³-hybridized carbons (Fsp3) is 0.417. The van der Waals surface area contributed by atoms with E-state index in [1.54, 1.807) is 0 Å². The van der Waals surface area contributed by atoms with Gasteiger partial charge in [0.2, 0.25) is 5.91 Å². The Hall–Kier alpha value is -1.59. The van der Waals surface area contributed by atoms with E-state index in [0.29, 0.717) is 6.42 Å². The molecule has 0 saturated carbocycles. The number of anilines is 1. The number of nitrogens with zero attached hydrogens (tertiary/aromatic N) is 1. The van der Waals surface area contributed by atoms with Crippen LogP contribution in [0.25, 0.3) is 0 Å². The maximum Gasteiger partial charge on any atom is 0.240 e. The van der Waals surface area contributed by atoms with E-state index >= 15 is 0 Å². The van der Waals surface area contributed by atoms with Gasteiger partial charge in [-0.2, -0.15) is 0 Å². The molecule has 0 aliphatic carbocycles. The van der Waals surface area contributed by atoms with Crippen molar-refractivity contribution in [2.45, 2.75) is 25.5 Å². The first-order valence-electron chi connectivity index (χ1n) is 5.68. The number of hydrogen-bond acceptors (Lipinski definition) is 4. The first-order valence-corrected chi connectivity index (χ1v) is 5.68. The van der Waals surface area contributed by atoms with Gasteiger partial charge in [-0.15, -0.1) is 0 Å². The highest BCUT2D eigenvalue weighted by Crippen LogP contribution is 2.22. The van der Waals surface area contributed by atoms with Crippen LogP contribution in [0, 0.1) is 0 Å². The monoisotopic (exact) mass is 235 g/mol. The molecular formula is C12H17N3O2. The van der Waals surface area contributed by atoms with Gasteiger partial charge in [0.1, 0.15) is 0 Å². The molecule has 5 heteroatoms. The number of hydrazine groups is 1. The Bertz CT molecular complexity index is 405. The number of rotatable bonds is 3. The molecule has 0 radical (unpaired) electrons. The van der Waals surface area contributed by atoms with E-state index in [9.17, 15) is 9.90 Å². The number of hydrogen-bond donors (Lipinski definition) is 3. The molecule has 2 unspecified atom stereocenters. The normalized spacial score (nSPS) is 21.5. The van der Waals surface area contributed by atoms with Gasteiger partial charge in [-0.05, 0) is 24.6 Å². The van der Waals surface area contributed by atoms with E-state index in [4.69, 9.17) is 5.73 Å². The summed E-state index contributed by atoms with van der Waals surface area (Å²) in [6, 6.07) is 7.54. The second-order valence-electron chi connectivity index (χ2n) is 4.30. The van der Waals surface area contributed by atoms with Crippen LogP contribution in [-0.2, 0) is 4.79 Å². The van der Waals surface area contributed by atoms with E-state index in [-0.39, 0.29) is 18.5 Å². The third-order valence-corrected chi connectivity index (χ3v) is 2.95. The van der Waals surface area contributed by atoms with Crippen molar-refractivity contribution in [1.29, 1.82) is 0 Å². The van der Waals surface area contributed by atoms with Crippen LogP contribution in [0.1, 0.15) is 25.0 Å². The Morgan fingerprint density at radius 1 is 1.53 bits per heavy atom. The summed E-state index contributed by atoms with van der Waals surface area (Å²) in [7, 11) is 0. The number of nitrogens with two attached hydrogens (primary N) is 1. The van der Waals surface area contributed by atoms with E-state index in [1.165, 1.54) is 0 Å². The summed E-state index contributed by atoms with van der Waals surface area (Å²) in [5.74, 6) is 0.0311. The molecule has 0 aromatic heterocycles. The number of aliphatic hydroxyl groups is 1. The van der Waals surface area contributed by atoms with Crippen LogP contribution in [-0.4, -0.2) is 23.6 Å². The van der Waals surface area contributed by atoms with E-state index < -0.39 is 6.10 Å². The van der Waals surface area contributed by atoms with Gasteiger partial charge in [-0.3, -0.25) is 15.2 Å². The smallest absolute Gasteiger partial charge is 0.240 e. The number of amides is 1. The third-order valence-electron chi connectivity index (χ3n) is 2.95. The predicted octanol–water partition coefficient (Wildman–Crippen LogP) is 0.308. The highest BCUT2D eigenvalue weighted by molar-refractivity contribution is 5.82.